The van der Waals surface area contributed by atoms with E-state index < -0.39 is 11.6 Å². The molecule has 34 heavy (non-hydrogen) atoms. The smallest absolute Gasteiger partial charge is 0.163 e. The maximum atomic E-state index is 14.0. The van der Waals surface area contributed by atoms with Crippen molar-refractivity contribution in [2.24, 2.45) is 5.92 Å². The molecule has 1 aliphatic rings. The first-order chi connectivity index (χ1) is 16.6. The van der Waals surface area contributed by atoms with E-state index in [-0.39, 0.29) is 0 Å². The highest BCUT2D eigenvalue weighted by molar-refractivity contribution is 5.97. The van der Waals surface area contributed by atoms with E-state index in [1.54, 1.807) is 25.5 Å². The molecule has 0 saturated heterocycles. The Morgan fingerprint density at radius 2 is 1.79 bits per heavy atom. The van der Waals surface area contributed by atoms with Gasteiger partial charge in [-0.05, 0) is 66.3 Å². The van der Waals surface area contributed by atoms with Gasteiger partial charge in [0.2, 0.25) is 0 Å². The van der Waals surface area contributed by atoms with Crippen LogP contribution in [0.1, 0.15) is 32.1 Å². The van der Waals surface area contributed by atoms with Gasteiger partial charge in [0.25, 0.3) is 0 Å². The van der Waals surface area contributed by atoms with Crippen LogP contribution in [0.4, 0.5) is 14.6 Å². The van der Waals surface area contributed by atoms with Crippen LogP contribution in [-0.4, -0.2) is 28.6 Å². The fraction of sp³-hybridized carbons (Fsp3) is 0.296. The van der Waals surface area contributed by atoms with Gasteiger partial charge >= 0.3 is 0 Å². The maximum Gasteiger partial charge on any atom is 0.163 e. The Morgan fingerprint density at radius 3 is 2.53 bits per heavy atom. The largest absolute Gasteiger partial charge is 0.491 e. The summed E-state index contributed by atoms with van der Waals surface area (Å²) in [6, 6.07) is 11.4. The molecule has 174 valence electrons. The molecule has 7 heteroatoms. The lowest BCUT2D eigenvalue weighted by atomic mass is 9.90. The summed E-state index contributed by atoms with van der Waals surface area (Å²) < 4.78 is 33.9. The Balaban J connectivity index is 1.65. The van der Waals surface area contributed by atoms with E-state index in [4.69, 9.17) is 14.7 Å². The van der Waals surface area contributed by atoms with Crippen molar-refractivity contribution >= 4 is 16.7 Å². The molecule has 1 saturated carbocycles. The number of halogens is 2. The lowest BCUT2D eigenvalue weighted by molar-refractivity contribution is 0.210. The number of aromatic nitrogens is 3. The second-order valence-corrected chi connectivity index (χ2v) is 8.70. The molecule has 2 heterocycles. The molecule has 0 amide bonds. The van der Waals surface area contributed by atoms with Crippen molar-refractivity contribution in [3.63, 3.8) is 0 Å². The molecule has 0 spiro atoms. The molecular weight excluding hydrogens is 434 g/mol. The van der Waals surface area contributed by atoms with E-state index in [9.17, 15) is 8.78 Å². The zero-order valence-electron chi connectivity index (χ0n) is 19.0. The molecular formula is C27H26F2N4O. The number of pyridine rings is 1. The van der Waals surface area contributed by atoms with Gasteiger partial charge in [0.15, 0.2) is 17.5 Å². The molecule has 0 unspecified atom stereocenters. The predicted molar refractivity (Wildman–Crippen MR) is 130 cm³/mol. The number of nitrogens with one attached hydrogen (secondary N) is 1. The quantitative estimate of drug-likeness (QED) is 0.350. The predicted octanol–water partition coefficient (Wildman–Crippen LogP) is 6.64. The van der Waals surface area contributed by atoms with E-state index >= 15 is 0 Å². The zero-order chi connectivity index (χ0) is 23.5. The SMILES string of the molecule is CNc1nc(-c2cccnc2)nc2c(OCC3CCCCC3)cc(-c3ccc(F)c(F)c3)cc12. The number of ether oxygens (including phenoxy) is 1. The van der Waals surface area contributed by atoms with Crippen LogP contribution >= 0.6 is 0 Å². The number of rotatable bonds is 6. The van der Waals surface area contributed by atoms with Crippen LogP contribution in [0.15, 0.2) is 54.9 Å². The molecule has 5 nitrogen and oxygen atoms in total. The Morgan fingerprint density at radius 1 is 0.941 bits per heavy atom. The summed E-state index contributed by atoms with van der Waals surface area (Å²) in [5, 5.41) is 3.90. The third kappa shape index (κ3) is 4.55. The van der Waals surface area contributed by atoms with Gasteiger partial charge in [-0.15, -0.1) is 0 Å². The second kappa shape index (κ2) is 9.71. The van der Waals surface area contributed by atoms with Gasteiger partial charge in [-0.2, -0.15) is 0 Å². The van der Waals surface area contributed by atoms with Crippen molar-refractivity contribution in [3.8, 4) is 28.3 Å². The summed E-state index contributed by atoms with van der Waals surface area (Å²) in [7, 11) is 1.79. The molecule has 2 aromatic heterocycles. The number of benzene rings is 2. The molecule has 0 aliphatic heterocycles. The average molecular weight is 461 g/mol. The highest BCUT2D eigenvalue weighted by Crippen LogP contribution is 2.37. The molecule has 1 N–H and O–H groups in total. The van der Waals surface area contributed by atoms with E-state index in [1.807, 2.05) is 24.3 Å². The van der Waals surface area contributed by atoms with Crippen molar-refractivity contribution in [2.45, 2.75) is 32.1 Å². The van der Waals surface area contributed by atoms with Gasteiger partial charge in [-0.3, -0.25) is 4.98 Å². The fourth-order valence-corrected chi connectivity index (χ4v) is 4.53. The number of hydrogen-bond donors (Lipinski definition) is 1. The van der Waals surface area contributed by atoms with Gasteiger partial charge in [-0.25, -0.2) is 18.7 Å². The van der Waals surface area contributed by atoms with Gasteiger partial charge in [0.1, 0.15) is 17.1 Å². The van der Waals surface area contributed by atoms with Gasteiger partial charge in [0.05, 0.1) is 6.61 Å². The Bertz CT molecular complexity index is 1310. The highest BCUT2D eigenvalue weighted by Gasteiger charge is 2.19. The van der Waals surface area contributed by atoms with Crippen molar-refractivity contribution in [2.75, 3.05) is 19.0 Å². The van der Waals surface area contributed by atoms with Crippen molar-refractivity contribution in [1.29, 1.82) is 0 Å². The number of hydrogen-bond acceptors (Lipinski definition) is 5. The molecule has 1 fully saturated rings. The minimum absolute atomic E-state index is 0.499. The van der Waals surface area contributed by atoms with Crippen LogP contribution in [0.3, 0.4) is 0 Å². The highest BCUT2D eigenvalue weighted by atomic mass is 19.2. The monoisotopic (exact) mass is 460 g/mol. The average Bonchev–Trinajstić information content (AvgIpc) is 2.89. The van der Waals surface area contributed by atoms with E-state index in [0.29, 0.717) is 46.6 Å². The summed E-state index contributed by atoms with van der Waals surface area (Å²) in [6.45, 7) is 0.595. The van der Waals surface area contributed by atoms with Crippen LogP contribution < -0.4 is 10.1 Å². The first kappa shape index (κ1) is 22.2. The van der Waals surface area contributed by atoms with Crippen molar-refractivity contribution in [3.05, 3.63) is 66.5 Å². The maximum absolute atomic E-state index is 14.0. The van der Waals surface area contributed by atoms with Crippen LogP contribution in [0.5, 0.6) is 5.75 Å². The molecule has 5 rings (SSSR count). The first-order valence-corrected chi connectivity index (χ1v) is 11.6. The normalized spacial score (nSPS) is 14.3. The summed E-state index contributed by atoms with van der Waals surface area (Å²) in [5.74, 6) is 0.493. The van der Waals surface area contributed by atoms with E-state index in [0.717, 1.165) is 29.9 Å². The second-order valence-electron chi connectivity index (χ2n) is 8.70. The Kier molecular flexibility index (Phi) is 6.34. The number of nitrogens with zero attached hydrogens (tertiary/aromatic N) is 3. The van der Waals surface area contributed by atoms with Gasteiger partial charge in [0, 0.05) is 30.4 Å². The lowest BCUT2D eigenvalue weighted by Gasteiger charge is -2.22. The minimum Gasteiger partial charge on any atom is -0.491 e. The van der Waals surface area contributed by atoms with Crippen LogP contribution in [0.2, 0.25) is 0 Å². The molecule has 0 radical (unpaired) electrons. The lowest BCUT2D eigenvalue weighted by Crippen LogP contribution is -2.15. The standard InChI is InChI=1S/C27H26F2N4O/c1-30-27-21-12-20(18-9-10-22(28)23(29)13-18)14-24(34-16-17-6-3-2-4-7-17)25(21)32-26(33-27)19-8-5-11-31-15-19/h5,8-15,17H,2-4,6-7,16H2,1H3,(H,30,32,33). The Hall–Kier alpha value is -3.61. The third-order valence-corrected chi connectivity index (χ3v) is 6.37. The topological polar surface area (TPSA) is 59.9 Å². The van der Waals surface area contributed by atoms with Crippen molar-refractivity contribution in [1.82, 2.24) is 15.0 Å². The van der Waals surface area contributed by atoms with Gasteiger partial charge < -0.3 is 10.1 Å². The van der Waals surface area contributed by atoms with Crippen LogP contribution in [-0.2, 0) is 0 Å². The molecule has 0 bridgehead atoms. The summed E-state index contributed by atoms with van der Waals surface area (Å²) in [4.78, 5) is 13.7. The number of fused-ring (bicyclic) bond motifs is 1. The molecule has 4 aromatic rings. The van der Waals surface area contributed by atoms with E-state index in [1.165, 1.54) is 25.3 Å². The fourth-order valence-electron chi connectivity index (χ4n) is 4.53. The molecule has 0 atom stereocenters. The Labute approximate surface area is 197 Å². The first-order valence-electron chi connectivity index (χ1n) is 11.6. The number of anilines is 1. The summed E-state index contributed by atoms with van der Waals surface area (Å²) in [6.07, 6.45) is 9.45. The molecule has 1 aliphatic carbocycles. The van der Waals surface area contributed by atoms with Crippen LogP contribution in [0.25, 0.3) is 33.4 Å². The molecule has 2 aromatic carbocycles. The van der Waals surface area contributed by atoms with E-state index in [2.05, 4.69) is 10.3 Å². The summed E-state index contributed by atoms with van der Waals surface area (Å²) in [5.41, 5.74) is 2.73. The minimum atomic E-state index is -0.890. The van der Waals surface area contributed by atoms with Gasteiger partial charge in [-0.1, -0.05) is 25.3 Å². The van der Waals surface area contributed by atoms with Crippen molar-refractivity contribution < 1.29 is 13.5 Å². The third-order valence-electron chi connectivity index (χ3n) is 6.37. The summed E-state index contributed by atoms with van der Waals surface area (Å²) >= 11 is 0. The van der Waals surface area contributed by atoms with Crippen LogP contribution in [0, 0.1) is 17.6 Å². The zero-order valence-corrected chi connectivity index (χ0v) is 19.0.